The first-order valence-corrected chi connectivity index (χ1v) is 11.6. The number of methoxy groups -OCH3 is 2. The van der Waals surface area contributed by atoms with Crippen LogP contribution in [0.4, 0.5) is 5.69 Å². The summed E-state index contributed by atoms with van der Waals surface area (Å²) >= 11 is 2.84. The molecule has 11 heteroatoms. The fourth-order valence-electron chi connectivity index (χ4n) is 2.93. The van der Waals surface area contributed by atoms with Crippen molar-refractivity contribution >= 4 is 46.6 Å². The third-order valence-electron chi connectivity index (χ3n) is 4.47. The molecule has 0 radical (unpaired) electrons. The monoisotopic (exact) mass is 486 g/mol. The second kappa shape index (κ2) is 11.4. The number of hydrogen-bond acceptors (Lipinski definition) is 9. The summed E-state index contributed by atoms with van der Waals surface area (Å²) < 4.78 is 11.4. The van der Waals surface area contributed by atoms with E-state index in [1.165, 1.54) is 44.2 Å². The minimum absolute atomic E-state index is 0.0113. The molecule has 0 saturated heterocycles. The summed E-state index contributed by atoms with van der Waals surface area (Å²) in [7, 11) is 2.48. The number of anilines is 1. The molecule has 1 amide bonds. The van der Waals surface area contributed by atoms with E-state index in [2.05, 4.69) is 22.1 Å². The zero-order valence-electron chi connectivity index (χ0n) is 18.1. The fraction of sp³-hybridized carbons (Fsp3) is 0.227. The van der Waals surface area contributed by atoms with Crippen molar-refractivity contribution in [3.63, 3.8) is 0 Å². The lowest BCUT2D eigenvalue weighted by molar-refractivity contribution is -0.113. The van der Waals surface area contributed by atoms with E-state index in [1.807, 2.05) is 22.1 Å². The third kappa shape index (κ3) is 6.08. The first-order valence-electron chi connectivity index (χ1n) is 9.75. The topological polar surface area (TPSA) is 112 Å². The number of ether oxygens (including phenoxy) is 2. The number of benzene rings is 1. The Hall–Kier alpha value is -3.44. The quantitative estimate of drug-likeness (QED) is 0.264. The maximum Gasteiger partial charge on any atom is 0.339 e. The highest BCUT2D eigenvalue weighted by Gasteiger charge is 2.19. The lowest BCUT2D eigenvalue weighted by Gasteiger charge is -2.11. The van der Waals surface area contributed by atoms with E-state index < -0.39 is 11.9 Å². The number of thioether (sulfide) groups is 1. The maximum atomic E-state index is 12.7. The van der Waals surface area contributed by atoms with Gasteiger partial charge in [-0.15, -0.1) is 28.1 Å². The van der Waals surface area contributed by atoms with Crippen LogP contribution in [0.5, 0.6) is 0 Å². The second-order valence-corrected chi connectivity index (χ2v) is 8.61. The number of aromatic nitrogens is 3. The van der Waals surface area contributed by atoms with Gasteiger partial charge >= 0.3 is 11.9 Å². The predicted molar refractivity (Wildman–Crippen MR) is 126 cm³/mol. The van der Waals surface area contributed by atoms with Gasteiger partial charge < -0.3 is 19.4 Å². The van der Waals surface area contributed by atoms with Gasteiger partial charge in [0, 0.05) is 17.8 Å². The highest BCUT2D eigenvalue weighted by molar-refractivity contribution is 7.99. The highest BCUT2D eigenvalue weighted by atomic mass is 32.2. The Morgan fingerprint density at radius 1 is 1.18 bits per heavy atom. The van der Waals surface area contributed by atoms with Gasteiger partial charge in [0.2, 0.25) is 5.91 Å². The molecule has 0 aliphatic rings. The van der Waals surface area contributed by atoms with Crippen molar-refractivity contribution in [2.75, 3.05) is 25.3 Å². The van der Waals surface area contributed by atoms with Crippen molar-refractivity contribution in [2.45, 2.75) is 18.1 Å². The van der Waals surface area contributed by atoms with Crippen LogP contribution in [-0.4, -0.2) is 52.6 Å². The lowest BCUT2D eigenvalue weighted by Crippen LogP contribution is -2.18. The van der Waals surface area contributed by atoms with Gasteiger partial charge in [0.25, 0.3) is 0 Å². The van der Waals surface area contributed by atoms with Crippen molar-refractivity contribution in [3.05, 3.63) is 70.2 Å². The average Bonchev–Trinajstić information content (AvgIpc) is 3.47. The van der Waals surface area contributed by atoms with Gasteiger partial charge in [-0.3, -0.25) is 4.79 Å². The zero-order chi connectivity index (χ0) is 23.8. The van der Waals surface area contributed by atoms with E-state index in [0.717, 1.165) is 10.7 Å². The smallest absolute Gasteiger partial charge is 0.339 e. The number of thiophene rings is 1. The van der Waals surface area contributed by atoms with E-state index in [0.29, 0.717) is 18.1 Å². The molecule has 0 bridgehead atoms. The normalized spacial score (nSPS) is 10.5. The molecule has 2 heterocycles. The summed E-state index contributed by atoms with van der Waals surface area (Å²) in [5, 5.41) is 13.7. The number of carbonyl (C=O) groups excluding carboxylic acids is 3. The number of hydrogen-bond donors (Lipinski definition) is 1. The minimum atomic E-state index is -0.640. The van der Waals surface area contributed by atoms with Gasteiger partial charge in [-0.2, -0.15) is 0 Å². The number of rotatable bonds is 10. The molecule has 33 heavy (non-hydrogen) atoms. The van der Waals surface area contributed by atoms with Crippen molar-refractivity contribution in [3.8, 4) is 0 Å². The Bertz CT molecular complexity index is 1160. The summed E-state index contributed by atoms with van der Waals surface area (Å²) in [6.07, 6.45) is 2.38. The number of carbonyl (C=O) groups is 3. The second-order valence-electron chi connectivity index (χ2n) is 6.63. The van der Waals surface area contributed by atoms with E-state index >= 15 is 0 Å². The van der Waals surface area contributed by atoms with Gasteiger partial charge in [-0.1, -0.05) is 23.9 Å². The molecule has 9 nitrogen and oxygen atoms in total. The maximum absolute atomic E-state index is 12.7. The van der Waals surface area contributed by atoms with Gasteiger partial charge in [0.1, 0.15) is 5.82 Å². The molecule has 0 aliphatic heterocycles. The molecule has 0 spiro atoms. The Morgan fingerprint density at radius 3 is 2.64 bits per heavy atom. The Labute approximate surface area is 198 Å². The molecule has 0 atom stereocenters. The predicted octanol–water partition coefficient (Wildman–Crippen LogP) is 3.42. The summed E-state index contributed by atoms with van der Waals surface area (Å²) in [4.78, 5) is 37.7. The summed E-state index contributed by atoms with van der Waals surface area (Å²) in [6.45, 7) is 4.29. The number of esters is 2. The summed E-state index contributed by atoms with van der Waals surface area (Å²) in [5.41, 5.74) is 0.468. The lowest BCUT2D eigenvalue weighted by atomic mass is 10.1. The van der Waals surface area contributed by atoms with E-state index in [1.54, 1.807) is 17.4 Å². The largest absolute Gasteiger partial charge is 0.465 e. The zero-order valence-corrected chi connectivity index (χ0v) is 19.7. The van der Waals surface area contributed by atoms with Crippen LogP contribution in [0.25, 0.3) is 0 Å². The molecular formula is C22H22N4O5S2. The molecule has 1 N–H and O–H groups in total. The van der Waals surface area contributed by atoms with Gasteiger partial charge in [-0.25, -0.2) is 9.59 Å². The fourth-order valence-corrected chi connectivity index (χ4v) is 4.40. The Kier molecular flexibility index (Phi) is 8.39. The van der Waals surface area contributed by atoms with Crippen molar-refractivity contribution in [1.29, 1.82) is 0 Å². The van der Waals surface area contributed by atoms with Crippen LogP contribution in [0.3, 0.4) is 0 Å². The van der Waals surface area contributed by atoms with Crippen LogP contribution >= 0.6 is 23.1 Å². The summed E-state index contributed by atoms with van der Waals surface area (Å²) in [6, 6.07) is 8.21. The first kappa shape index (κ1) is 24.2. The number of nitrogens with one attached hydrogen (secondary N) is 1. The molecule has 1 aromatic carbocycles. The Balaban J connectivity index is 1.74. The van der Waals surface area contributed by atoms with Crippen molar-refractivity contribution in [1.82, 2.24) is 14.8 Å². The molecule has 3 rings (SSSR count). The van der Waals surface area contributed by atoms with Crippen molar-refractivity contribution in [2.24, 2.45) is 0 Å². The van der Waals surface area contributed by atoms with Crippen molar-refractivity contribution < 1.29 is 23.9 Å². The standard InChI is InChI=1S/C22H22N4O5S2/c1-4-9-26-18(12-15-6-5-10-32-15)24-25-22(26)33-13-19(27)23-17-11-14(20(28)30-2)7-8-16(17)21(29)31-3/h4-8,10-11H,1,9,12-13H2,2-3H3,(H,23,27). The molecular weight excluding hydrogens is 464 g/mol. The van der Waals surface area contributed by atoms with Gasteiger partial charge in [-0.05, 0) is 29.6 Å². The third-order valence-corrected chi connectivity index (χ3v) is 6.31. The molecule has 2 aromatic heterocycles. The summed E-state index contributed by atoms with van der Waals surface area (Å²) in [5.74, 6) is -0.832. The van der Waals surface area contributed by atoms with Crippen LogP contribution < -0.4 is 5.32 Å². The molecule has 0 fully saturated rings. The van der Waals surface area contributed by atoms with Crippen LogP contribution in [0.15, 0.2) is 53.5 Å². The van der Waals surface area contributed by atoms with E-state index in [-0.39, 0.29) is 28.5 Å². The Morgan fingerprint density at radius 2 is 1.97 bits per heavy atom. The van der Waals surface area contributed by atoms with Crippen LogP contribution in [0, 0.1) is 0 Å². The van der Waals surface area contributed by atoms with Crippen LogP contribution in [-0.2, 0) is 27.2 Å². The minimum Gasteiger partial charge on any atom is -0.465 e. The molecule has 3 aromatic rings. The number of allylic oxidation sites excluding steroid dienone is 1. The molecule has 0 aliphatic carbocycles. The average molecular weight is 487 g/mol. The number of amides is 1. The van der Waals surface area contributed by atoms with E-state index in [4.69, 9.17) is 9.47 Å². The number of nitrogens with zero attached hydrogens (tertiary/aromatic N) is 3. The molecule has 172 valence electrons. The van der Waals surface area contributed by atoms with Crippen LogP contribution in [0.2, 0.25) is 0 Å². The van der Waals surface area contributed by atoms with Gasteiger partial charge in [0.15, 0.2) is 5.16 Å². The van der Waals surface area contributed by atoms with Crippen LogP contribution in [0.1, 0.15) is 31.4 Å². The highest BCUT2D eigenvalue weighted by Crippen LogP contribution is 2.23. The molecule has 0 unspecified atom stereocenters. The van der Waals surface area contributed by atoms with Gasteiger partial charge in [0.05, 0.1) is 36.8 Å². The first-order chi connectivity index (χ1) is 16.0. The van der Waals surface area contributed by atoms with E-state index in [9.17, 15) is 14.4 Å². The SMILES string of the molecule is C=CCn1c(Cc2cccs2)nnc1SCC(=O)Nc1cc(C(=O)OC)ccc1C(=O)OC. The molecule has 0 saturated carbocycles.